The molecule has 2 aromatic heterocycles. The Kier molecular flexibility index (Phi) is 2.35. The summed E-state index contributed by atoms with van der Waals surface area (Å²) in [6.07, 6.45) is 7.64. The summed E-state index contributed by atoms with van der Waals surface area (Å²) in [7, 11) is 0. The molecule has 0 N–H and O–H groups in total. The van der Waals surface area contributed by atoms with Gasteiger partial charge in [0.1, 0.15) is 0 Å². The van der Waals surface area contributed by atoms with Gasteiger partial charge in [0.25, 0.3) is 0 Å². The first-order chi connectivity index (χ1) is 6.79. The molecule has 0 aliphatic carbocycles. The van der Waals surface area contributed by atoms with Crippen molar-refractivity contribution in [2.45, 2.75) is 26.9 Å². The molecule has 0 saturated carbocycles. The van der Waals surface area contributed by atoms with Crippen molar-refractivity contribution in [1.82, 2.24) is 19.3 Å². The highest BCUT2D eigenvalue weighted by atomic mass is 15.3. The number of aryl methyl sites for hydroxylation is 2. The van der Waals surface area contributed by atoms with E-state index in [0.29, 0.717) is 0 Å². The fourth-order valence-corrected chi connectivity index (χ4v) is 1.48. The molecule has 0 amide bonds. The van der Waals surface area contributed by atoms with Gasteiger partial charge in [-0.05, 0) is 19.4 Å². The minimum Gasteiger partial charge on any atom is -0.333 e. The SMILES string of the molecule is CCn1cncc1Cn1cc(C)cn1. The monoisotopic (exact) mass is 190 g/mol. The van der Waals surface area contributed by atoms with Crippen LogP contribution in [0.2, 0.25) is 0 Å². The van der Waals surface area contributed by atoms with Crippen LogP contribution in [0.15, 0.2) is 24.9 Å². The zero-order chi connectivity index (χ0) is 9.97. The van der Waals surface area contributed by atoms with Gasteiger partial charge in [0.15, 0.2) is 0 Å². The highest BCUT2D eigenvalue weighted by Gasteiger charge is 2.01. The van der Waals surface area contributed by atoms with Gasteiger partial charge in [-0.15, -0.1) is 0 Å². The Morgan fingerprint density at radius 3 is 2.86 bits per heavy atom. The molecular formula is C10H14N4. The van der Waals surface area contributed by atoms with E-state index < -0.39 is 0 Å². The maximum Gasteiger partial charge on any atom is 0.0948 e. The van der Waals surface area contributed by atoms with Gasteiger partial charge in [0.05, 0.1) is 31.0 Å². The molecule has 0 radical (unpaired) electrons. The maximum atomic E-state index is 4.24. The van der Waals surface area contributed by atoms with Crippen LogP contribution in [0.3, 0.4) is 0 Å². The summed E-state index contributed by atoms with van der Waals surface area (Å²) in [4.78, 5) is 4.12. The Hall–Kier alpha value is -1.58. The van der Waals surface area contributed by atoms with E-state index in [0.717, 1.165) is 13.1 Å². The van der Waals surface area contributed by atoms with E-state index in [1.54, 1.807) is 0 Å². The molecule has 2 aromatic rings. The molecule has 0 aliphatic rings. The van der Waals surface area contributed by atoms with E-state index in [1.807, 2.05) is 36.5 Å². The van der Waals surface area contributed by atoms with Gasteiger partial charge in [0, 0.05) is 12.7 Å². The molecule has 0 unspecified atom stereocenters. The van der Waals surface area contributed by atoms with Crippen molar-refractivity contribution in [3.63, 3.8) is 0 Å². The molecule has 0 bridgehead atoms. The standard InChI is InChI=1S/C10H14N4/c1-3-13-8-11-5-10(13)7-14-6-9(2)4-12-14/h4-6,8H,3,7H2,1-2H3. The third-order valence-corrected chi connectivity index (χ3v) is 2.23. The second-order valence-corrected chi connectivity index (χ2v) is 3.39. The fraction of sp³-hybridized carbons (Fsp3) is 0.400. The van der Waals surface area contributed by atoms with E-state index in [-0.39, 0.29) is 0 Å². The van der Waals surface area contributed by atoms with Gasteiger partial charge < -0.3 is 4.57 Å². The molecule has 0 saturated heterocycles. The lowest BCUT2D eigenvalue weighted by molar-refractivity contribution is 0.622. The predicted molar refractivity (Wildman–Crippen MR) is 54.0 cm³/mol. The largest absolute Gasteiger partial charge is 0.333 e. The lowest BCUT2D eigenvalue weighted by Crippen LogP contribution is -2.06. The Morgan fingerprint density at radius 2 is 2.21 bits per heavy atom. The third-order valence-electron chi connectivity index (χ3n) is 2.23. The summed E-state index contributed by atoms with van der Waals surface area (Å²) < 4.78 is 4.05. The van der Waals surface area contributed by atoms with Crippen LogP contribution in [0.5, 0.6) is 0 Å². The van der Waals surface area contributed by atoms with Crippen LogP contribution >= 0.6 is 0 Å². The average molecular weight is 190 g/mol. The molecule has 2 rings (SSSR count). The Balaban J connectivity index is 2.18. The summed E-state index contributed by atoms with van der Waals surface area (Å²) in [5.74, 6) is 0. The molecule has 74 valence electrons. The van der Waals surface area contributed by atoms with Crippen LogP contribution in [-0.4, -0.2) is 19.3 Å². The molecule has 0 aromatic carbocycles. The van der Waals surface area contributed by atoms with Crippen molar-refractivity contribution < 1.29 is 0 Å². The van der Waals surface area contributed by atoms with Crippen LogP contribution < -0.4 is 0 Å². The number of hydrogen-bond acceptors (Lipinski definition) is 2. The van der Waals surface area contributed by atoms with Gasteiger partial charge >= 0.3 is 0 Å². The molecule has 0 atom stereocenters. The molecule has 4 nitrogen and oxygen atoms in total. The Labute approximate surface area is 83.2 Å². The topological polar surface area (TPSA) is 35.6 Å². The second-order valence-electron chi connectivity index (χ2n) is 3.39. The number of nitrogens with zero attached hydrogens (tertiary/aromatic N) is 4. The van der Waals surface area contributed by atoms with Crippen molar-refractivity contribution in [3.05, 3.63) is 36.2 Å². The van der Waals surface area contributed by atoms with Crippen LogP contribution in [0, 0.1) is 6.92 Å². The molecule has 0 fully saturated rings. The first-order valence-electron chi connectivity index (χ1n) is 4.77. The maximum absolute atomic E-state index is 4.24. The summed E-state index contributed by atoms with van der Waals surface area (Å²) in [5, 5.41) is 4.24. The smallest absolute Gasteiger partial charge is 0.0948 e. The van der Waals surface area contributed by atoms with E-state index in [1.165, 1.54) is 11.3 Å². The van der Waals surface area contributed by atoms with Gasteiger partial charge in [-0.3, -0.25) is 4.68 Å². The molecule has 4 heteroatoms. The molecule has 2 heterocycles. The highest BCUT2D eigenvalue weighted by Crippen LogP contribution is 2.03. The summed E-state index contributed by atoms with van der Waals surface area (Å²) in [5.41, 5.74) is 2.38. The first-order valence-corrected chi connectivity index (χ1v) is 4.77. The molecule has 14 heavy (non-hydrogen) atoms. The minimum absolute atomic E-state index is 0.793. The van der Waals surface area contributed by atoms with Crippen molar-refractivity contribution >= 4 is 0 Å². The zero-order valence-electron chi connectivity index (χ0n) is 8.51. The first kappa shape index (κ1) is 8.99. The van der Waals surface area contributed by atoms with Gasteiger partial charge in [-0.1, -0.05) is 0 Å². The summed E-state index contributed by atoms with van der Waals surface area (Å²) in [6.45, 7) is 5.90. The van der Waals surface area contributed by atoms with Crippen molar-refractivity contribution in [2.24, 2.45) is 0 Å². The van der Waals surface area contributed by atoms with Crippen LogP contribution in [0.1, 0.15) is 18.2 Å². The lowest BCUT2D eigenvalue weighted by atomic mass is 10.4. The number of imidazole rings is 1. The quantitative estimate of drug-likeness (QED) is 0.734. The van der Waals surface area contributed by atoms with Gasteiger partial charge in [-0.25, -0.2) is 4.98 Å². The summed E-state index contributed by atoms with van der Waals surface area (Å²) >= 11 is 0. The normalized spacial score (nSPS) is 10.7. The van der Waals surface area contributed by atoms with Crippen LogP contribution in [0.4, 0.5) is 0 Å². The number of hydrogen-bond donors (Lipinski definition) is 0. The molecule has 0 spiro atoms. The Morgan fingerprint density at radius 1 is 1.36 bits per heavy atom. The minimum atomic E-state index is 0.793. The lowest BCUT2D eigenvalue weighted by Gasteiger charge is -2.04. The number of rotatable bonds is 3. The second kappa shape index (κ2) is 3.65. The predicted octanol–water partition coefficient (Wildman–Crippen LogP) is 1.46. The third kappa shape index (κ3) is 1.69. The van der Waals surface area contributed by atoms with Crippen molar-refractivity contribution in [3.8, 4) is 0 Å². The van der Waals surface area contributed by atoms with E-state index in [2.05, 4.69) is 21.6 Å². The van der Waals surface area contributed by atoms with E-state index in [4.69, 9.17) is 0 Å². The Bertz CT molecular complexity index is 413. The van der Waals surface area contributed by atoms with Crippen LogP contribution in [0.25, 0.3) is 0 Å². The van der Waals surface area contributed by atoms with Gasteiger partial charge in [-0.2, -0.15) is 5.10 Å². The number of aromatic nitrogens is 4. The van der Waals surface area contributed by atoms with Gasteiger partial charge in [0.2, 0.25) is 0 Å². The van der Waals surface area contributed by atoms with Crippen LogP contribution in [-0.2, 0) is 13.1 Å². The van der Waals surface area contributed by atoms with E-state index >= 15 is 0 Å². The molecular weight excluding hydrogens is 176 g/mol. The fourth-order valence-electron chi connectivity index (χ4n) is 1.48. The molecule has 0 aliphatic heterocycles. The van der Waals surface area contributed by atoms with Crippen molar-refractivity contribution in [1.29, 1.82) is 0 Å². The summed E-state index contributed by atoms with van der Waals surface area (Å²) in [6, 6.07) is 0. The van der Waals surface area contributed by atoms with E-state index in [9.17, 15) is 0 Å². The zero-order valence-corrected chi connectivity index (χ0v) is 8.51. The highest BCUT2D eigenvalue weighted by molar-refractivity contribution is 5.03. The van der Waals surface area contributed by atoms with Crippen molar-refractivity contribution in [2.75, 3.05) is 0 Å². The average Bonchev–Trinajstić information content (AvgIpc) is 2.76.